The van der Waals surface area contributed by atoms with Gasteiger partial charge in [-0.25, -0.2) is 0 Å². The van der Waals surface area contributed by atoms with E-state index in [1.165, 1.54) is 44.5 Å². The van der Waals surface area contributed by atoms with Gasteiger partial charge in [0.05, 0.1) is 0 Å². The highest BCUT2D eigenvalue weighted by molar-refractivity contribution is 5.27. The summed E-state index contributed by atoms with van der Waals surface area (Å²) in [5.74, 6) is 0.384. The number of fused-ring (bicyclic) bond motifs is 2. The van der Waals surface area contributed by atoms with E-state index >= 15 is 0 Å². The quantitative estimate of drug-likeness (QED) is 0.904. The smallest absolute Gasteiger partial charge is 0.115 e. The Morgan fingerprint density at radius 1 is 1.21 bits per heavy atom. The van der Waals surface area contributed by atoms with Gasteiger partial charge in [0.25, 0.3) is 0 Å². The predicted octanol–water partition coefficient (Wildman–Crippen LogP) is 2.45. The summed E-state index contributed by atoms with van der Waals surface area (Å²) in [7, 11) is 0. The van der Waals surface area contributed by atoms with Gasteiger partial charge in [-0.1, -0.05) is 19.1 Å². The highest BCUT2D eigenvalue weighted by Gasteiger charge is 2.36. The lowest BCUT2D eigenvalue weighted by atomic mass is 10.1. The molecule has 2 bridgehead atoms. The zero-order valence-corrected chi connectivity index (χ0v) is 11.8. The molecule has 19 heavy (non-hydrogen) atoms. The molecule has 2 heterocycles. The van der Waals surface area contributed by atoms with Crippen LogP contribution in [0, 0.1) is 0 Å². The maximum absolute atomic E-state index is 9.60. The van der Waals surface area contributed by atoms with Gasteiger partial charge in [-0.05, 0) is 50.0 Å². The van der Waals surface area contributed by atoms with Crippen LogP contribution < -0.4 is 0 Å². The first-order valence-corrected chi connectivity index (χ1v) is 7.52. The van der Waals surface area contributed by atoms with E-state index in [1.807, 2.05) is 12.1 Å². The Hall–Kier alpha value is -1.06. The van der Waals surface area contributed by atoms with E-state index in [9.17, 15) is 5.11 Å². The van der Waals surface area contributed by atoms with E-state index in [4.69, 9.17) is 0 Å². The number of hydrogen-bond acceptors (Lipinski definition) is 3. The third-order valence-electron chi connectivity index (χ3n) is 4.74. The number of phenols is 1. The number of rotatable bonds is 3. The van der Waals surface area contributed by atoms with Crippen LogP contribution >= 0.6 is 0 Å². The van der Waals surface area contributed by atoms with Crippen LogP contribution in [0.25, 0.3) is 0 Å². The molecule has 0 aromatic heterocycles. The number of aromatic hydroxyl groups is 1. The Bertz CT molecular complexity index is 435. The van der Waals surface area contributed by atoms with Gasteiger partial charge in [-0.3, -0.25) is 4.90 Å². The van der Waals surface area contributed by atoms with Crippen molar-refractivity contribution in [1.82, 2.24) is 9.80 Å². The highest BCUT2D eigenvalue weighted by Crippen LogP contribution is 2.31. The Kier molecular flexibility index (Phi) is 3.76. The van der Waals surface area contributed by atoms with Crippen LogP contribution in [0.2, 0.25) is 0 Å². The molecule has 2 saturated heterocycles. The zero-order valence-electron chi connectivity index (χ0n) is 11.8. The first-order chi connectivity index (χ1) is 9.26. The van der Waals surface area contributed by atoms with Crippen molar-refractivity contribution >= 4 is 0 Å². The fourth-order valence-corrected chi connectivity index (χ4v) is 3.65. The fraction of sp³-hybridized carbons (Fsp3) is 0.625. The van der Waals surface area contributed by atoms with Gasteiger partial charge in [0.1, 0.15) is 5.75 Å². The van der Waals surface area contributed by atoms with Gasteiger partial charge in [0, 0.05) is 25.2 Å². The Morgan fingerprint density at radius 3 is 2.84 bits per heavy atom. The third kappa shape index (κ3) is 2.77. The number of benzene rings is 1. The number of likely N-dealkylation sites (tertiary alicyclic amines) is 1. The largest absolute Gasteiger partial charge is 0.508 e. The molecule has 3 rings (SSSR count). The minimum absolute atomic E-state index is 0.384. The molecule has 2 fully saturated rings. The van der Waals surface area contributed by atoms with E-state index in [1.54, 1.807) is 6.07 Å². The number of phenolic OH excluding ortho intramolecular Hbond substituents is 1. The standard InChI is InChI=1S/C16H24N2O/c1-2-17-9-8-14-6-7-15(12-17)18(14)11-13-4-3-5-16(19)10-13/h3-5,10,14-15,19H,2,6-9,11-12H2,1H3. The molecule has 2 aliphatic heterocycles. The van der Waals surface area contributed by atoms with Gasteiger partial charge in [-0.2, -0.15) is 0 Å². The van der Waals surface area contributed by atoms with Crippen molar-refractivity contribution in [1.29, 1.82) is 0 Å². The summed E-state index contributed by atoms with van der Waals surface area (Å²) >= 11 is 0. The molecule has 1 aromatic carbocycles. The molecule has 0 radical (unpaired) electrons. The summed E-state index contributed by atoms with van der Waals surface area (Å²) in [6.07, 6.45) is 3.98. The maximum Gasteiger partial charge on any atom is 0.115 e. The van der Waals surface area contributed by atoms with E-state index < -0.39 is 0 Å². The second kappa shape index (κ2) is 5.51. The average molecular weight is 260 g/mol. The monoisotopic (exact) mass is 260 g/mol. The second-order valence-corrected chi connectivity index (χ2v) is 5.91. The van der Waals surface area contributed by atoms with Crippen molar-refractivity contribution in [3.63, 3.8) is 0 Å². The first-order valence-electron chi connectivity index (χ1n) is 7.52. The molecule has 1 N–H and O–H groups in total. The summed E-state index contributed by atoms with van der Waals surface area (Å²) < 4.78 is 0. The Balaban J connectivity index is 1.73. The van der Waals surface area contributed by atoms with E-state index in [2.05, 4.69) is 22.8 Å². The molecule has 2 unspecified atom stereocenters. The maximum atomic E-state index is 9.60. The van der Waals surface area contributed by atoms with Gasteiger partial charge in [0.15, 0.2) is 0 Å². The normalized spacial score (nSPS) is 28.5. The lowest BCUT2D eigenvalue weighted by molar-refractivity contribution is 0.179. The van der Waals surface area contributed by atoms with Crippen molar-refractivity contribution in [3.8, 4) is 5.75 Å². The lowest BCUT2D eigenvalue weighted by Gasteiger charge is -2.28. The van der Waals surface area contributed by atoms with Crippen molar-refractivity contribution in [2.24, 2.45) is 0 Å². The molecule has 2 atom stereocenters. The van der Waals surface area contributed by atoms with E-state index in [0.29, 0.717) is 11.8 Å². The summed E-state index contributed by atoms with van der Waals surface area (Å²) in [6.45, 7) is 6.88. The van der Waals surface area contributed by atoms with E-state index in [-0.39, 0.29) is 0 Å². The predicted molar refractivity (Wildman–Crippen MR) is 77.2 cm³/mol. The molecule has 0 amide bonds. The van der Waals surface area contributed by atoms with Crippen LogP contribution in [0.3, 0.4) is 0 Å². The van der Waals surface area contributed by atoms with Crippen molar-refractivity contribution in [2.75, 3.05) is 19.6 Å². The van der Waals surface area contributed by atoms with Crippen LogP contribution in [-0.4, -0.2) is 46.6 Å². The van der Waals surface area contributed by atoms with Gasteiger partial charge >= 0.3 is 0 Å². The van der Waals surface area contributed by atoms with E-state index in [0.717, 1.165) is 12.6 Å². The SMILES string of the molecule is CCN1CCC2CCC(C1)N2Cc1cccc(O)c1. The van der Waals surface area contributed by atoms with Crippen LogP contribution in [-0.2, 0) is 6.54 Å². The van der Waals surface area contributed by atoms with Gasteiger partial charge in [-0.15, -0.1) is 0 Å². The zero-order chi connectivity index (χ0) is 13.2. The molecular weight excluding hydrogens is 236 g/mol. The molecule has 1 aromatic rings. The molecule has 2 aliphatic rings. The van der Waals surface area contributed by atoms with Crippen LogP contribution in [0.4, 0.5) is 0 Å². The minimum atomic E-state index is 0.384. The summed E-state index contributed by atoms with van der Waals surface area (Å²) in [6, 6.07) is 9.17. The average Bonchev–Trinajstić information content (AvgIpc) is 2.65. The van der Waals surface area contributed by atoms with Crippen molar-refractivity contribution in [2.45, 2.75) is 44.8 Å². The lowest BCUT2D eigenvalue weighted by Crippen LogP contribution is -2.38. The molecule has 3 nitrogen and oxygen atoms in total. The van der Waals surface area contributed by atoms with Crippen LogP contribution in [0.1, 0.15) is 31.7 Å². The number of nitrogens with zero attached hydrogens (tertiary/aromatic N) is 2. The van der Waals surface area contributed by atoms with Gasteiger partial charge < -0.3 is 10.0 Å². The summed E-state index contributed by atoms with van der Waals surface area (Å²) in [5.41, 5.74) is 1.24. The van der Waals surface area contributed by atoms with Crippen molar-refractivity contribution in [3.05, 3.63) is 29.8 Å². The summed E-state index contributed by atoms with van der Waals surface area (Å²) in [4.78, 5) is 5.25. The topological polar surface area (TPSA) is 26.7 Å². The second-order valence-electron chi connectivity index (χ2n) is 5.91. The molecular formula is C16H24N2O. The molecule has 3 heteroatoms. The van der Waals surface area contributed by atoms with Gasteiger partial charge in [0.2, 0.25) is 0 Å². The molecule has 0 aliphatic carbocycles. The highest BCUT2D eigenvalue weighted by atomic mass is 16.3. The summed E-state index contributed by atoms with van der Waals surface area (Å²) in [5, 5.41) is 9.60. The molecule has 104 valence electrons. The number of likely N-dealkylation sites (N-methyl/N-ethyl adjacent to an activating group) is 1. The first kappa shape index (κ1) is 12.9. The Morgan fingerprint density at radius 2 is 2.05 bits per heavy atom. The minimum Gasteiger partial charge on any atom is -0.508 e. The van der Waals surface area contributed by atoms with Crippen LogP contribution in [0.5, 0.6) is 5.75 Å². The number of hydrogen-bond donors (Lipinski definition) is 1. The molecule has 0 saturated carbocycles. The Labute approximate surface area is 115 Å². The fourth-order valence-electron chi connectivity index (χ4n) is 3.65. The van der Waals surface area contributed by atoms with Crippen molar-refractivity contribution < 1.29 is 5.11 Å². The van der Waals surface area contributed by atoms with Crippen LogP contribution in [0.15, 0.2) is 24.3 Å². The molecule has 0 spiro atoms. The third-order valence-corrected chi connectivity index (χ3v) is 4.74.